The molecule has 1 aromatic heterocycles. The predicted octanol–water partition coefficient (Wildman–Crippen LogP) is 2.03. The summed E-state index contributed by atoms with van der Waals surface area (Å²) in [6.45, 7) is 3.23. The van der Waals surface area contributed by atoms with Crippen LogP contribution in [0.1, 0.15) is 38.9 Å². The predicted molar refractivity (Wildman–Crippen MR) is 82.6 cm³/mol. The Bertz CT molecular complexity index is 825. The quantitative estimate of drug-likeness (QED) is 0.842. The highest BCUT2D eigenvalue weighted by atomic mass is 32.2. The van der Waals surface area contributed by atoms with E-state index in [9.17, 15) is 18.0 Å². The molecule has 0 aliphatic heterocycles. The maximum atomic E-state index is 12.2. The standard InChI is InChI=1S/C14H14N2O4S2/c1-3-13-15-8-12(21-13)14(18)16-22(19,20)11-6-4-5-10(7-11)9(2)17/h4-8H,3H2,1-2H3,(H,16,18). The molecule has 2 aromatic rings. The summed E-state index contributed by atoms with van der Waals surface area (Å²) in [6.07, 6.45) is 2.02. The summed E-state index contributed by atoms with van der Waals surface area (Å²) in [4.78, 5) is 27.4. The summed E-state index contributed by atoms with van der Waals surface area (Å²) in [5.74, 6) is -0.983. The highest BCUT2D eigenvalue weighted by molar-refractivity contribution is 7.90. The Balaban J connectivity index is 2.25. The number of hydrogen-bond donors (Lipinski definition) is 1. The Hall–Kier alpha value is -2.06. The summed E-state index contributed by atoms with van der Waals surface area (Å²) < 4.78 is 26.4. The van der Waals surface area contributed by atoms with Crippen molar-refractivity contribution in [2.24, 2.45) is 0 Å². The van der Waals surface area contributed by atoms with Crippen LogP contribution in [0.5, 0.6) is 0 Å². The molecule has 0 bridgehead atoms. The lowest BCUT2D eigenvalue weighted by molar-refractivity contribution is 0.0983. The molecule has 0 fully saturated rings. The van der Waals surface area contributed by atoms with Crippen molar-refractivity contribution in [3.8, 4) is 0 Å². The van der Waals surface area contributed by atoms with Crippen molar-refractivity contribution in [3.63, 3.8) is 0 Å². The zero-order valence-corrected chi connectivity index (χ0v) is 13.6. The molecule has 6 nitrogen and oxygen atoms in total. The van der Waals surface area contributed by atoms with E-state index in [0.717, 1.165) is 16.3 Å². The van der Waals surface area contributed by atoms with Crippen LogP contribution in [0.3, 0.4) is 0 Å². The number of thiazole rings is 1. The fourth-order valence-corrected chi connectivity index (χ4v) is 3.52. The zero-order chi connectivity index (χ0) is 16.3. The number of sulfonamides is 1. The highest BCUT2D eigenvalue weighted by Crippen LogP contribution is 2.16. The Morgan fingerprint density at radius 2 is 2.05 bits per heavy atom. The second-order valence-corrected chi connectivity index (χ2v) is 7.29. The molecule has 0 aliphatic rings. The third-order valence-electron chi connectivity index (χ3n) is 2.86. The maximum Gasteiger partial charge on any atom is 0.276 e. The first kappa shape index (κ1) is 16.3. The fraction of sp³-hybridized carbons (Fsp3) is 0.214. The number of amides is 1. The van der Waals surface area contributed by atoms with Gasteiger partial charge in [0.2, 0.25) is 0 Å². The van der Waals surface area contributed by atoms with E-state index in [4.69, 9.17) is 0 Å². The van der Waals surface area contributed by atoms with E-state index in [1.54, 1.807) is 0 Å². The molecule has 22 heavy (non-hydrogen) atoms. The minimum Gasteiger partial charge on any atom is -0.295 e. The number of carbonyl (C=O) groups excluding carboxylic acids is 2. The fourth-order valence-electron chi connectivity index (χ4n) is 1.69. The Morgan fingerprint density at radius 1 is 1.32 bits per heavy atom. The Labute approximate surface area is 132 Å². The van der Waals surface area contributed by atoms with Crippen molar-refractivity contribution in [2.75, 3.05) is 0 Å². The molecular formula is C14H14N2O4S2. The smallest absolute Gasteiger partial charge is 0.276 e. The number of nitrogens with zero attached hydrogens (tertiary/aromatic N) is 1. The number of hydrogen-bond acceptors (Lipinski definition) is 6. The van der Waals surface area contributed by atoms with Gasteiger partial charge in [0, 0.05) is 5.56 Å². The molecule has 1 heterocycles. The first-order valence-corrected chi connectivity index (χ1v) is 8.76. The van der Waals surface area contributed by atoms with Crippen molar-refractivity contribution in [3.05, 3.63) is 45.9 Å². The van der Waals surface area contributed by atoms with Crippen molar-refractivity contribution >= 4 is 33.1 Å². The van der Waals surface area contributed by atoms with E-state index >= 15 is 0 Å². The Kier molecular flexibility index (Phi) is 4.72. The molecule has 1 aromatic carbocycles. The van der Waals surface area contributed by atoms with Gasteiger partial charge in [0.1, 0.15) is 4.88 Å². The summed E-state index contributed by atoms with van der Waals surface area (Å²) in [5, 5.41) is 0.751. The SMILES string of the molecule is CCc1ncc(C(=O)NS(=O)(=O)c2cccc(C(C)=O)c2)s1. The van der Waals surface area contributed by atoms with Crippen LogP contribution in [0.25, 0.3) is 0 Å². The molecule has 0 saturated carbocycles. The van der Waals surface area contributed by atoms with Crippen LogP contribution in [0.2, 0.25) is 0 Å². The molecule has 0 unspecified atom stereocenters. The molecule has 1 N–H and O–H groups in total. The molecule has 0 saturated heterocycles. The number of nitrogens with one attached hydrogen (secondary N) is 1. The number of rotatable bonds is 5. The number of aromatic nitrogens is 1. The van der Waals surface area contributed by atoms with Crippen molar-refractivity contribution in [1.29, 1.82) is 0 Å². The molecule has 0 spiro atoms. The van der Waals surface area contributed by atoms with Crippen molar-refractivity contribution in [1.82, 2.24) is 9.71 Å². The second kappa shape index (κ2) is 6.37. The van der Waals surface area contributed by atoms with Gasteiger partial charge < -0.3 is 0 Å². The number of ketones is 1. The average Bonchev–Trinajstić information content (AvgIpc) is 2.96. The molecular weight excluding hydrogens is 324 g/mol. The molecule has 2 rings (SSSR count). The van der Waals surface area contributed by atoms with Gasteiger partial charge >= 0.3 is 0 Å². The van der Waals surface area contributed by atoms with Crippen molar-refractivity contribution in [2.45, 2.75) is 25.2 Å². The van der Waals surface area contributed by atoms with Crippen molar-refractivity contribution < 1.29 is 18.0 Å². The van der Waals surface area contributed by atoms with Gasteiger partial charge in [-0.25, -0.2) is 18.1 Å². The molecule has 8 heteroatoms. The molecule has 0 radical (unpaired) electrons. The second-order valence-electron chi connectivity index (χ2n) is 4.49. The highest BCUT2D eigenvalue weighted by Gasteiger charge is 2.21. The van der Waals surface area contributed by atoms with E-state index in [-0.39, 0.29) is 21.1 Å². The number of carbonyl (C=O) groups is 2. The van der Waals surface area contributed by atoms with Crippen LogP contribution in [0, 0.1) is 0 Å². The zero-order valence-electron chi connectivity index (χ0n) is 12.0. The minimum atomic E-state index is -4.03. The van der Waals surface area contributed by atoms with Crippen LogP contribution >= 0.6 is 11.3 Å². The van der Waals surface area contributed by atoms with Crippen LogP contribution < -0.4 is 4.72 Å². The van der Waals surface area contributed by atoms with Gasteiger partial charge in [0.15, 0.2) is 5.78 Å². The van der Waals surface area contributed by atoms with E-state index < -0.39 is 15.9 Å². The van der Waals surface area contributed by atoms with Gasteiger partial charge in [0.05, 0.1) is 16.1 Å². The van der Waals surface area contributed by atoms with E-state index in [2.05, 4.69) is 4.98 Å². The third kappa shape index (κ3) is 3.58. The van der Waals surface area contributed by atoms with Crippen LogP contribution in [0.4, 0.5) is 0 Å². The first-order valence-electron chi connectivity index (χ1n) is 6.46. The third-order valence-corrected chi connectivity index (χ3v) is 5.33. The molecule has 1 amide bonds. The summed E-state index contributed by atoms with van der Waals surface area (Å²) in [5.41, 5.74) is 0.265. The maximum absolute atomic E-state index is 12.2. The van der Waals surface area contributed by atoms with Gasteiger partial charge in [-0.3, -0.25) is 9.59 Å². The van der Waals surface area contributed by atoms with Gasteiger partial charge in [-0.2, -0.15) is 0 Å². The largest absolute Gasteiger partial charge is 0.295 e. The van der Waals surface area contributed by atoms with Crippen LogP contribution in [0.15, 0.2) is 35.4 Å². The van der Waals surface area contributed by atoms with E-state index in [0.29, 0.717) is 6.42 Å². The number of benzene rings is 1. The van der Waals surface area contributed by atoms with E-state index in [1.165, 1.54) is 37.4 Å². The molecule has 0 atom stereocenters. The lowest BCUT2D eigenvalue weighted by Crippen LogP contribution is -2.30. The normalized spacial score (nSPS) is 11.2. The van der Waals surface area contributed by atoms with Gasteiger partial charge in [-0.15, -0.1) is 11.3 Å². The number of aryl methyl sites for hydroxylation is 1. The molecule has 0 aliphatic carbocycles. The van der Waals surface area contributed by atoms with Crippen LogP contribution in [-0.4, -0.2) is 25.1 Å². The monoisotopic (exact) mass is 338 g/mol. The summed E-state index contributed by atoms with van der Waals surface area (Å²) in [6, 6.07) is 5.53. The van der Waals surface area contributed by atoms with Crippen LogP contribution in [-0.2, 0) is 16.4 Å². The lowest BCUT2D eigenvalue weighted by atomic mass is 10.2. The summed E-state index contributed by atoms with van der Waals surface area (Å²) in [7, 11) is -4.03. The topological polar surface area (TPSA) is 93.2 Å². The minimum absolute atomic E-state index is 0.131. The Morgan fingerprint density at radius 3 is 2.64 bits per heavy atom. The molecule has 116 valence electrons. The van der Waals surface area contributed by atoms with Gasteiger partial charge in [-0.1, -0.05) is 19.1 Å². The lowest BCUT2D eigenvalue weighted by Gasteiger charge is -2.06. The van der Waals surface area contributed by atoms with Gasteiger partial charge in [-0.05, 0) is 25.5 Å². The average molecular weight is 338 g/mol. The number of Topliss-reactive ketones (excluding diaryl/α,β-unsaturated/α-hetero) is 1. The summed E-state index contributed by atoms with van der Waals surface area (Å²) >= 11 is 1.14. The van der Waals surface area contributed by atoms with E-state index in [1.807, 2.05) is 11.6 Å². The van der Waals surface area contributed by atoms with Gasteiger partial charge in [0.25, 0.3) is 15.9 Å². The first-order chi connectivity index (χ1) is 10.3.